The van der Waals surface area contributed by atoms with Gasteiger partial charge in [-0.25, -0.2) is 4.79 Å². The summed E-state index contributed by atoms with van der Waals surface area (Å²) in [5.41, 5.74) is 2.99. The van der Waals surface area contributed by atoms with Crippen molar-refractivity contribution in [2.75, 3.05) is 6.54 Å². The zero-order valence-corrected chi connectivity index (χ0v) is 12.4. The second-order valence-corrected chi connectivity index (χ2v) is 6.27. The fraction of sp³-hybridized carbons (Fsp3) is 0.562. The van der Waals surface area contributed by atoms with Crippen LogP contribution < -0.4 is 5.32 Å². The largest absolute Gasteiger partial charge is 0.444 e. The van der Waals surface area contributed by atoms with Crippen LogP contribution in [0.15, 0.2) is 18.2 Å². The number of amides is 1. The molecular formula is C16H23NO3. The van der Waals surface area contributed by atoms with Crippen LogP contribution in [0.25, 0.3) is 0 Å². The van der Waals surface area contributed by atoms with E-state index in [0.717, 1.165) is 24.8 Å². The van der Waals surface area contributed by atoms with E-state index in [9.17, 15) is 9.90 Å². The number of nitrogens with one attached hydrogen (secondary N) is 1. The molecule has 1 aliphatic carbocycles. The van der Waals surface area contributed by atoms with Crippen LogP contribution in [0, 0.1) is 0 Å². The zero-order valence-electron chi connectivity index (χ0n) is 12.4. The summed E-state index contributed by atoms with van der Waals surface area (Å²) in [6.45, 7) is 6.09. The Hall–Kier alpha value is -1.55. The third-order valence-corrected chi connectivity index (χ3v) is 3.34. The van der Waals surface area contributed by atoms with Gasteiger partial charge >= 0.3 is 6.09 Å². The number of rotatable bonds is 3. The maximum Gasteiger partial charge on any atom is 0.407 e. The number of alkyl carbamates (subject to hydrolysis) is 1. The van der Waals surface area contributed by atoms with Gasteiger partial charge in [0.05, 0.1) is 6.10 Å². The molecule has 1 atom stereocenters. The molecule has 4 heteroatoms. The smallest absolute Gasteiger partial charge is 0.407 e. The molecule has 1 unspecified atom stereocenters. The number of carbonyl (C=O) groups excluding carboxylic acids is 1. The lowest BCUT2D eigenvalue weighted by Gasteiger charge is -2.19. The molecule has 0 fully saturated rings. The molecule has 0 radical (unpaired) electrons. The van der Waals surface area contributed by atoms with Crippen molar-refractivity contribution in [2.45, 2.75) is 51.7 Å². The van der Waals surface area contributed by atoms with Crippen LogP contribution in [0.1, 0.15) is 50.0 Å². The van der Waals surface area contributed by atoms with Gasteiger partial charge in [0.1, 0.15) is 5.60 Å². The molecule has 110 valence electrons. The van der Waals surface area contributed by atoms with Crippen LogP contribution >= 0.6 is 0 Å². The van der Waals surface area contributed by atoms with Crippen LogP contribution in [0.4, 0.5) is 4.79 Å². The number of aliphatic hydroxyl groups excluding tert-OH is 1. The molecule has 0 aromatic heterocycles. The Balaban J connectivity index is 1.82. The van der Waals surface area contributed by atoms with Gasteiger partial charge in [0.15, 0.2) is 0 Å². The molecule has 1 aromatic carbocycles. The van der Waals surface area contributed by atoms with Crippen molar-refractivity contribution < 1.29 is 14.6 Å². The first-order valence-corrected chi connectivity index (χ1v) is 7.12. The van der Waals surface area contributed by atoms with E-state index in [4.69, 9.17) is 4.74 Å². The molecule has 2 N–H and O–H groups in total. The van der Waals surface area contributed by atoms with Crippen molar-refractivity contribution in [2.24, 2.45) is 0 Å². The third kappa shape index (κ3) is 3.97. The fourth-order valence-corrected chi connectivity index (χ4v) is 2.43. The first-order chi connectivity index (χ1) is 9.35. The first-order valence-electron chi connectivity index (χ1n) is 7.12. The van der Waals surface area contributed by atoms with E-state index in [0.29, 0.717) is 6.54 Å². The second kappa shape index (κ2) is 5.83. The van der Waals surface area contributed by atoms with Gasteiger partial charge in [0.2, 0.25) is 0 Å². The van der Waals surface area contributed by atoms with E-state index in [-0.39, 0.29) is 12.2 Å². The summed E-state index contributed by atoms with van der Waals surface area (Å²) < 4.78 is 5.18. The molecule has 2 rings (SSSR count). The lowest BCUT2D eigenvalue weighted by atomic mass is 10.0. The minimum atomic E-state index is -0.464. The number of carbonyl (C=O) groups is 1. The summed E-state index contributed by atoms with van der Waals surface area (Å²) in [5, 5.41) is 12.5. The summed E-state index contributed by atoms with van der Waals surface area (Å²) >= 11 is 0. The van der Waals surface area contributed by atoms with Crippen LogP contribution in [0.5, 0.6) is 0 Å². The molecule has 1 aliphatic rings. The quantitative estimate of drug-likeness (QED) is 0.893. The maximum absolute atomic E-state index is 11.5. The fourth-order valence-electron chi connectivity index (χ4n) is 2.43. The highest BCUT2D eigenvalue weighted by atomic mass is 16.6. The highest BCUT2D eigenvalue weighted by Crippen LogP contribution is 2.31. The standard InChI is InChI=1S/C16H23NO3/c1-16(2,3)20-15(19)17-9-8-11-4-6-13-12(10-11)5-7-14(13)18/h4,6,10,14,18H,5,7-9H2,1-3H3,(H,17,19). The predicted octanol–water partition coefficient (Wildman–Crippen LogP) is 2.73. The van der Waals surface area contributed by atoms with Crippen molar-refractivity contribution >= 4 is 6.09 Å². The topological polar surface area (TPSA) is 58.6 Å². The van der Waals surface area contributed by atoms with Gasteiger partial charge in [-0.1, -0.05) is 18.2 Å². The van der Waals surface area contributed by atoms with Gasteiger partial charge in [-0.2, -0.15) is 0 Å². The van der Waals surface area contributed by atoms with Gasteiger partial charge in [0.25, 0.3) is 0 Å². The Morgan fingerprint density at radius 1 is 1.45 bits per heavy atom. The van der Waals surface area contributed by atoms with Gasteiger partial charge in [-0.05, 0) is 56.7 Å². The summed E-state index contributed by atoms with van der Waals surface area (Å²) in [6, 6.07) is 6.14. The van der Waals surface area contributed by atoms with E-state index < -0.39 is 5.60 Å². The van der Waals surface area contributed by atoms with Crippen LogP contribution in [-0.2, 0) is 17.6 Å². The van der Waals surface area contributed by atoms with E-state index in [1.54, 1.807) is 0 Å². The van der Waals surface area contributed by atoms with Gasteiger partial charge < -0.3 is 15.2 Å². The molecule has 0 heterocycles. The Labute approximate surface area is 120 Å². The van der Waals surface area contributed by atoms with Crippen molar-refractivity contribution in [3.63, 3.8) is 0 Å². The Kier molecular flexibility index (Phi) is 4.33. The molecule has 20 heavy (non-hydrogen) atoms. The summed E-state index contributed by atoms with van der Waals surface area (Å²) in [4.78, 5) is 11.5. The van der Waals surface area contributed by atoms with Crippen LogP contribution in [-0.4, -0.2) is 23.3 Å². The molecule has 0 bridgehead atoms. The first kappa shape index (κ1) is 14.9. The van der Waals surface area contributed by atoms with Gasteiger partial charge in [0, 0.05) is 6.54 Å². The average molecular weight is 277 g/mol. The summed E-state index contributed by atoms with van der Waals surface area (Å²) in [5.74, 6) is 0. The SMILES string of the molecule is CC(C)(C)OC(=O)NCCc1ccc2c(c1)CCC2O. The van der Waals surface area contributed by atoms with Crippen molar-refractivity contribution in [1.82, 2.24) is 5.32 Å². The molecule has 1 aromatic rings. The molecular weight excluding hydrogens is 254 g/mol. The summed E-state index contributed by atoms with van der Waals surface area (Å²) in [7, 11) is 0. The molecule has 4 nitrogen and oxygen atoms in total. The average Bonchev–Trinajstić information content (AvgIpc) is 2.68. The highest BCUT2D eigenvalue weighted by molar-refractivity contribution is 5.67. The molecule has 0 spiro atoms. The molecule has 0 saturated carbocycles. The Morgan fingerprint density at radius 3 is 2.90 bits per heavy atom. The molecule has 0 aliphatic heterocycles. The minimum absolute atomic E-state index is 0.307. The highest BCUT2D eigenvalue weighted by Gasteiger charge is 2.20. The van der Waals surface area contributed by atoms with Crippen LogP contribution in [0.2, 0.25) is 0 Å². The van der Waals surface area contributed by atoms with E-state index >= 15 is 0 Å². The number of aryl methyl sites for hydroxylation is 1. The van der Waals surface area contributed by atoms with Gasteiger partial charge in [-0.15, -0.1) is 0 Å². The lowest BCUT2D eigenvalue weighted by molar-refractivity contribution is 0.0528. The van der Waals surface area contributed by atoms with Gasteiger partial charge in [-0.3, -0.25) is 0 Å². The Morgan fingerprint density at radius 2 is 2.20 bits per heavy atom. The number of hydrogen-bond acceptors (Lipinski definition) is 3. The van der Waals surface area contributed by atoms with E-state index in [2.05, 4.69) is 11.4 Å². The molecule has 0 saturated heterocycles. The maximum atomic E-state index is 11.5. The normalized spacial score (nSPS) is 17.7. The van der Waals surface area contributed by atoms with E-state index in [1.165, 1.54) is 11.1 Å². The monoisotopic (exact) mass is 277 g/mol. The number of hydrogen-bond donors (Lipinski definition) is 2. The van der Waals surface area contributed by atoms with Crippen LogP contribution in [0.3, 0.4) is 0 Å². The number of aliphatic hydroxyl groups is 1. The second-order valence-electron chi connectivity index (χ2n) is 6.27. The van der Waals surface area contributed by atoms with Crippen molar-refractivity contribution in [3.8, 4) is 0 Å². The van der Waals surface area contributed by atoms with Crippen molar-refractivity contribution in [3.05, 3.63) is 34.9 Å². The predicted molar refractivity (Wildman–Crippen MR) is 77.7 cm³/mol. The number of ether oxygens (including phenoxy) is 1. The number of benzene rings is 1. The van der Waals surface area contributed by atoms with E-state index in [1.807, 2.05) is 32.9 Å². The third-order valence-electron chi connectivity index (χ3n) is 3.34. The van der Waals surface area contributed by atoms with Crippen molar-refractivity contribution in [1.29, 1.82) is 0 Å². The Bertz CT molecular complexity index is 491. The number of fused-ring (bicyclic) bond motifs is 1. The minimum Gasteiger partial charge on any atom is -0.444 e. The lowest BCUT2D eigenvalue weighted by Crippen LogP contribution is -2.33. The summed E-state index contributed by atoms with van der Waals surface area (Å²) in [6.07, 6.45) is 1.83. The zero-order chi connectivity index (χ0) is 14.8. The molecule has 1 amide bonds.